The lowest BCUT2D eigenvalue weighted by Crippen LogP contribution is -2.41. The first-order valence-electron chi connectivity index (χ1n) is 10.7. The maximum atomic E-state index is 10.1. The van der Waals surface area contributed by atoms with Crippen LogP contribution in [0.1, 0.15) is 45.1 Å². The summed E-state index contributed by atoms with van der Waals surface area (Å²) < 4.78 is 5.58. The van der Waals surface area contributed by atoms with Crippen molar-refractivity contribution in [1.82, 2.24) is 15.5 Å². The predicted molar refractivity (Wildman–Crippen MR) is 131 cm³/mol. The van der Waals surface area contributed by atoms with Crippen LogP contribution in [0.2, 0.25) is 0 Å². The highest BCUT2D eigenvalue weighted by molar-refractivity contribution is 14.0. The van der Waals surface area contributed by atoms with E-state index in [1.165, 1.54) is 25.8 Å². The maximum Gasteiger partial charge on any atom is 0.191 e. The Kier molecular flexibility index (Phi) is 14.3. The Balaban J connectivity index is 0.00000420. The number of guanidine groups is 1. The Labute approximate surface area is 193 Å². The van der Waals surface area contributed by atoms with Crippen LogP contribution in [0.5, 0.6) is 0 Å². The fourth-order valence-electron chi connectivity index (χ4n) is 3.46. The van der Waals surface area contributed by atoms with E-state index in [9.17, 15) is 5.11 Å². The van der Waals surface area contributed by atoms with Gasteiger partial charge < -0.3 is 25.4 Å². The Hall–Kier alpha value is -0.900. The maximum absolute atomic E-state index is 10.1. The van der Waals surface area contributed by atoms with Crippen molar-refractivity contribution in [1.29, 1.82) is 0 Å². The van der Waals surface area contributed by atoms with E-state index in [1.807, 2.05) is 37.3 Å². The highest BCUT2D eigenvalue weighted by Crippen LogP contribution is 2.16. The van der Waals surface area contributed by atoms with Gasteiger partial charge in [0.15, 0.2) is 5.96 Å². The van der Waals surface area contributed by atoms with Gasteiger partial charge in [0.25, 0.3) is 0 Å². The first-order chi connectivity index (χ1) is 13.7. The number of aliphatic hydroxyl groups excluding tert-OH is 1. The molecule has 1 heterocycles. The number of hydrogen-bond acceptors (Lipinski definition) is 4. The number of aliphatic hydroxyl groups is 1. The van der Waals surface area contributed by atoms with Crippen LogP contribution in [-0.4, -0.2) is 67.4 Å². The number of halogens is 1. The number of nitrogens with one attached hydrogen (secondary N) is 2. The van der Waals surface area contributed by atoms with Gasteiger partial charge in [0.05, 0.1) is 25.9 Å². The van der Waals surface area contributed by atoms with E-state index in [-0.39, 0.29) is 30.6 Å². The third-order valence-electron chi connectivity index (χ3n) is 5.08. The van der Waals surface area contributed by atoms with Crippen molar-refractivity contribution in [2.75, 3.05) is 39.3 Å². The van der Waals surface area contributed by atoms with Crippen molar-refractivity contribution in [2.45, 2.75) is 58.3 Å². The van der Waals surface area contributed by atoms with Crippen molar-refractivity contribution in [3.63, 3.8) is 0 Å². The number of likely N-dealkylation sites (tertiary alicyclic amines) is 1. The molecular weight excluding hydrogens is 479 g/mol. The van der Waals surface area contributed by atoms with Crippen LogP contribution in [0.4, 0.5) is 0 Å². The molecule has 7 heteroatoms. The van der Waals surface area contributed by atoms with E-state index >= 15 is 0 Å². The number of nitrogens with zero attached hydrogens (tertiary/aromatic N) is 2. The van der Waals surface area contributed by atoms with Gasteiger partial charge in [0.2, 0.25) is 0 Å². The fourth-order valence-corrected chi connectivity index (χ4v) is 3.46. The summed E-state index contributed by atoms with van der Waals surface area (Å²) in [7, 11) is 0. The van der Waals surface area contributed by atoms with Gasteiger partial charge in [-0.05, 0) is 45.2 Å². The Bertz CT molecular complexity index is 559. The molecule has 166 valence electrons. The van der Waals surface area contributed by atoms with Crippen LogP contribution >= 0.6 is 24.0 Å². The van der Waals surface area contributed by atoms with Crippen LogP contribution < -0.4 is 10.6 Å². The second-order valence-electron chi connectivity index (χ2n) is 7.54. The lowest BCUT2D eigenvalue weighted by molar-refractivity contribution is 0.0331. The van der Waals surface area contributed by atoms with Gasteiger partial charge in [-0.15, -0.1) is 24.0 Å². The number of benzene rings is 1. The largest absolute Gasteiger partial charge is 0.389 e. The second-order valence-corrected chi connectivity index (χ2v) is 7.54. The van der Waals surface area contributed by atoms with E-state index in [0.29, 0.717) is 19.2 Å². The highest BCUT2D eigenvalue weighted by atomic mass is 127. The zero-order chi connectivity index (χ0) is 20.0. The lowest BCUT2D eigenvalue weighted by atomic mass is 10.0. The first kappa shape index (κ1) is 26.1. The van der Waals surface area contributed by atoms with Gasteiger partial charge >= 0.3 is 0 Å². The smallest absolute Gasteiger partial charge is 0.191 e. The molecule has 0 amide bonds. The highest BCUT2D eigenvalue weighted by Gasteiger charge is 2.17. The fraction of sp³-hybridized carbons (Fsp3) is 0.682. The normalized spacial score (nSPS) is 18.7. The minimum atomic E-state index is -0.603. The SMILES string of the molecule is CCNC(=NCC(O)COCc1ccccc1)NCCCN1CCCCC1C.I. The number of rotatable bonds is 11. The summed E-state index contributed by atoms with van der Waals surface area (Å²) >= 11 is 0. The van der Waals surface area contributed by atoms with E-state index in [0.717, 1.165) is 37.6 Å². The minimum Gasteiger partial charge on any atom is -0.389 e. The average Bonchev–Trinajstić information content (AvgIpc) is 2.71. The van der Waals surface area contributed by atoms with Crippen LogP contribution in [0.25, 0.3) is 0 Å². The minimum absolute atomic E-state index is 0. The summed E-state index contributed by atoms with van der Waals surface area (Å²) in [6.07, 6.45) is 4.50. The number of aliphatic imine (C=N–C) groups is 1. The number of hydrogen-bond donors (Lipinski definition) is 3. The molecule has 0 aromatic heterocycles. The van der Waals surface area contributed by atoms with Crippen molar-refractivity contribution in [3.05, 3.63) is 35.9 Å². The molecule has 0 radical (unpaired) electrons. The van der Waals surface area contributed by atoms with Gasteiger partial charge in [-0.25, -0.2) is 0 Å². The molecule has 1 aromatic carbocycles. The number of ether oxygens (including phenoxy) is 1. The van der Waals surface area contributed by atoms with Crippen LogP contribution in [0, 0.1) is 0 Å². The molecule has 2 rings (SSSR count). The molecule has 1 aromatic rings. The summed E-state index contributed by atoms with van der Waals surface area (Å²) in [4.78, 5) is 7.08. The average molecular weight is 518 g/mol. The molecule has 2 unspecified atom stereocenters. The third-order valence-corrected chi connectivity index (χ3v) is 5.08. The molecule has 6 nitrogen and oxygen atoms in total. The quantitative estimate of drug-likeness (QED) is 0.182. The topological polar surface area (TPSA) is 69.1 Å². The lowest BCUT2D eigenvalue weighted by Gasteiger charge is -2.33. The van der Waals surface area contributed by atoms with Gasteiger partial charge in [0.1, 0.15) is 0 Å². The van der Waals surface area contributed by atoms with Crippen LogP contribution in [0.15, 0.2) is 35.3 Å². The third kappa shape index (κ3) is 11.2. The van der Waals surface area contributed by atoms with Crippen molar-refractivity contribution >= 4 is 29.9 Å². The summed E-state index contributed by atoms with van der Waals surface area (Å²) in [6, 6.07) is 10.7. The van der Waals surface area contributed by atoms with Crippen molar-refractivity contribution in [2.24, 2.45) is 4.99 Å². The molecule has 1 aliphatic rings. The molecule has 1 fully saturated rings. The molecule has 1 aliphatic heterocycles. The molecule has 29 heavy (non-hydrogen) atoms. The molecular formula is C22H39IN4O2. The number of piperidine rings is 1. The molecule has 1 saturated heterocycles. The summed E-state index contributed by atoms with van der Waals surface area (Å²) in [5.41, 5.74) is 1.11. The second kappa shape index (κ2) is 15.9. The summed E-state index contributed by atoms with van der Waals surface area (Å²) in [5, 5.41) is 16.7. The Morgan fingerprint density at radius 2 is 2.07 bits per heavy atom. The van der Waals surface area contributed by atoms with Gasteiger partial charge in [-0.3, -0.25) is 4.99 Å². The molecule has 0 bridgehead atoms. The molecule has 2 atom stereocenters. The Morgan fingerprint density at radius 3 is 2.79 bits per heavy atom. The van der Waals surface area contributed by atoms with Crippen LogP contribution in [0.3, 0.4) is 0 Å². The van der Waals surface area contributed by atoms with E-state index < -0.39 is 6.10 Å². The first-order valence-corrected chi connectivity index (χ1v) is 10.7. The molecule has 0 saturated carbocycles. The molecule has 0 aliphatic carbocycles. The van der Waals surface area contributed by atoms with Gasteiger partial charge in [-0.1, -0.05) is 36.8 Å². The molecule has 0 spiro atoms. The monoisotopic (exact) mass is 518 g/mol. The molecule has 3 N–H and O–H groups in total. The zero-order valence-corrected chi connectivity index (χ0v) is 20.3. The van der Waals surface area contributed by atoms with Crippen molar-refractivity contribution < 1.29 is 9.84 Å². The Morgan fingerprint density at radius 1 is 1.28 bits per heavy atom. The standard InChI is InChI=1S/C22H38N4O2.HI/c1-3-23-22(24-13-9-15-26-14-8-7-10-19(26)2)25-16-21(27)18-28-17-20-11-5-4-6-12-20;/h4-6,11-12,19,21,27H,3,7-10,13-18H2,1-2H3,(H2,23,24,25);1H. The van der Waals surface area contributed by atoms with Crippen LogP contribution in [-0.2, 0) is 11.3 Å². The summed E-state index contributed by atoms with van der Waals surface area (Å²) in [5.74, 6) is 0.760. The zero-order valence-electron chi connectivity index (χ0n) is 18.0. The van der Waals surface area contributed by atoms with Crippen molar-refractivity contribution in [3.8, 4) is 0 Å². The van der Waals surface area contributed by atoms with Gasteiger partial charge in [0, 0.05) is 25.7 Å². The van der Waals surface area contributed by atoms with E-state index in [1.54, 1.807) is 0 Å². The predicted octanol–water partition coefficient (Wildman–Crippen LogP) is 3.00. The van der Waals surface area contributed by atoms with Gasteiger partial charge in [-0.2, -0.15) is 0 Å². The summed E-state index contributed by atoms with van der Waals surface area (Å²) in [6.45, 7) is 9.54. The van der Waals surface area contributed by atoms with E-state index in [2.05, 4.69) is 27.4 Å². The van der Waals surface area contributed by atoms with E-state index in [4.69, 9.17) is 4.74 Å².